The highest BCUT2D eigenvalue weighted by molar-refractivity contribution is 7.11. The van der Waals surface area contributed by atoms with Crippen molar-refractivity contribution in [3.63, 3.8) is 0 Å². The van der Waals surface area contributed by atoms with Crippen molar-refractivity contribution < 1.29 is 28.2 Å². The van der Waals surface area contributed by atoms with Crippen molar-refractivity contribution in [2.75, 3.05) is 14.2 Å². The Morgan fingerprint density at radius 1 is 1.09 bits per heavy atom. The SMILES string of the molecule is COC(=O)c1cc(F)c2c(c1)OC(c1cnc(C3CC3)s1)n1c-2cc2cc(C(=O)OC)ccc21. The van der Waals surface area contributed by atoms with Crippen LogP contribution in [-0.2, 0) is 9.47 Å². The number of benzene rings is 2. The van der Waals surface area contributed by atoms with Gasteiger partial charge in [-0.3, -0.25) is 4.57 Å². The number of ether oxygens (including phenoxy) is 3. The van der Waals surface area contributed by atoms with Crippen LogP contribution in [0.25, 0.3) is 22.2 Å². The topological polar surface area (TPSA) is 79.7 Å². The summed E-state index contributed by atoms with van der Waals surface area (Å²) in [6, 6.07) is 9.66. The average molecular weight is 479 g/mol. The molecule has 0 radical (unpaired) electrons. The van der Waals surface area contributed by atoms with Crippen LogP contribution in [0.2, 0.25) is 0 Å². The standard InChI is InChI=1S/C25H19FN2O5S/c1-31-24(29)13-5-6-17-14(7-13)9-18-21-16(26)8-15(25(30)32-2)10-19(21)33-23(28(17)18)20-11-27-22(34-20)12-3-4-12/h5-12,23H,3-4H2,1-2H3. The Bertz CT molecular complexity index is 1490. The van der Waals surface area contributed by atoms with Gasteiger partial charge in [-0.15, -0.1) is 11.3 Å². The molecule has 1 unspecified atom stereocenters. The zero-order valence-corrected chi connectivity index (χ0v) is 19.1. The molecule has 0 N–H and O–H groups in total. The fourth-order valence-corrected chi connectivity index (χ4v) is 5.49. The summed E-state index contributed by atoms with van der Waals surface area (Å²) in [7, 11) is 2.57. The van der Waals surface area contributed by atoms with E-state index in [2.05, 4.69) is 4.98 Å². The maximum absolute atomic E-state index is 15.4. The molecule has 2 aromatic carbocycles. The molecule has 0 saturated heterocycles. The first kappa shape index (κ1) is 20.9. The molecule has 9 heteroatoms. The molecular weight excluding hydrogens is 459 g/mol. The van der Waals surface area contributed by atoms with E-state index in [1.54, 1.807) is 35.7 Å². The summed E-state index contributed by atoms with van der Waals surface area (Å²) in [6.45, 7) is 0. The number of aromatic nitrogens is 2. The number of esters is 2. The van der Waals surface area contributed by atoms with Crippen LogP contribution in [0.4, 0.5) is 4.39 Å². The van der Waals surface area contributed by atoms with Crippen molar-refractivity contribution in [2.24, 2.45) is 0 Å². The molecule has 0 bridgehead atoms. The molecule has 1 fully saturated rings. The molecule has 0 spiro atoms. The molecule has 172 valence electrons. The van der Waals surface area contributed by atoms with E-state index in [0.717, 1.165) is 39.7 Å². The predicted octanol–water partition coefficient (Wildman–Crippen LogP) is 5.29. The Morgan fingerprint density at radius 2 is 1.85 bits per heavy atom. The molecule has 7 nitrogen and oxygen atoms in total. The highest BCUT2D eigenvalue weighted by Crippen LogP contribution is 2.48. The Balaban J connectivity index is 1.58. The van der Waals surface area contributed by atoms with E-state index in [1.165, 1.54) is 20.3 Å². The van der Waals surface area contributed by atoms with Crippen LogP contribution >= 0.6 is 11.3 Å². The van der Waals surface area contributed by atoms with E-state index < -0.39 is 24.0 Å². The van der Waals surface area contributed by atoms with Crippen LogP contribution in [-0.4, -0.2) is 35.7 Å². The van der Waals surface area contributed by atoms with E-state index in [0.29, 0.717) is 17.2 Å². The quantitative estimate of drug-likeness (QED) is 0.371. The fraction of sp³-hybridized carbons (Fsp3) is 0.240. The molecule has 2 aromatic heterocycles. The van der Waals surface area contributed by atoms with Gasteiger partial charge in [-0.1, -0.05) is 0 Å². The Hall–Kier alpha value is -3.72. The molecule has 0 amide bonds. The minimum Gasteiger partial charge on any atom is -0.465 e. The van der Waals surface area contributed by atoms with Crippen LogP contribution in [0.5, 0.6) is 5.75 Å². The molecule has 3 heterocycles. The number of hydrogen-bond acceptors (Lipinski definition) is 7. The molecule has 2 aliphatic rings. The summed E-state index contributed by atoms with van der Waals surface area (Å²) in [5.74, 6) is -0.970. The molecule has 1 aliphatic heterocycles. The second kappa shape index (κ2) is 7.66. The van der Waals surface area contributed by atoms with Crippen LogP contribution in [0.15, 0.2) is 42.6 Å². The number of hydrogen-bond donors (Lipinski definition) is 0. The molecule has 1 atom stereocenters. The van der Waals surface area contributed by atoms with Crippen LogP contribution in [0.1, 0.15) is 55.6 Å². The molecule has 34 heavy (non-hydrogen) atoms. The first-order chi connectivity index (χ1) is 16.5. The number of methoxy groups -OCH3 is 2. The number of carbonyl (C=O) groups excluding carboxylic acids is 2. The lowest BCUT2D eigenvalue weighted by Crippen LogP contribution is -2.22. The van der Waals surface area contributed by atoms with Crippen molar-refractivity contribution >= 4 is 34.2 Å². The summed E-state index contributed by atoms with van der Waals surface area (Å²) in [4.78, 5) is 29.6. The van der Waals surface area contributed by atoms with E-state index in [1.807, 2.05) is 10.6 Å². The average Bonchev–Trinajstić information content (AvgIpc) is 3.45. The van der Waals surface area contributed by atoms with Crippen molar-refractivity contribution in [2.45, 2.75) is 25.0 Å². The zero-order valence-electron chi connectivity index (χ0n) is 18.3. The maximum atomic E-state index is 15.4. The first-order valence-electron chi connectivity index (χ1n) is 10.8. The van der Waals surface area contributed by atoms with Gasteiger partial charge in [0.05, 0.1) is 52.0 Å². The highest BCUT2D eigenvalue weighted by atomic mass is 32.1. The normalized spacial score (nSPS) is 16.5. The summed E-state index contributed by atoms with van der Waals surface area (Å²) in [6.07, 6.45) is 3.44. The lowest BCUT2D eigenvalue weighted by molar-refractivity contribution is 0.0591. The van der Waals surface area contributed by atoms with Crippen molar-refractivity contribution in [1.82, 2.24) is 9.55 Å². The van der Waals surface area contributed by atoms with Crippen molar-refractivity contribution in [1.29, 1.82) is 0 Å². The number of thiazole rings is 1. The van der Waals surface area contributed by atoms with E-state index in [9.17, 15) is 9.59 Å². The minimum atomic E-state index is -0.649. The van der Waals surface area contributed by atoms with Crippen molar-refractivity contribution in [3.8, 4) is 17.0 Å². The smallest absolute Gasteiger partial charge is 0.338 e. The zero-order chi connectivity index (χ0) is 23.6. The van der Waals surface area contributed by atoms with E-state index >= 15 is 4.39 Å². The molecule has 1 aliphatic carbocycles. The molecule has 6 rings (SSSR count). The van der Waals surface area contributed by atoms with Gasteiger partial charge in [0.25, 0.3) is 0 Å². The number of rotatable bonds is 4. The lowest BCUT2D eigenvalue weighted by Gasteiger charge is -2.29. The van der Waals surface area contributed by atoms with Gasteiger partial charge in [0.1, 0.15) is 11.6 Å². The molecule has 1 saturated carbocycles. The van der Waals surface area contributed by atoms with E-state index in [-0.39, 0.29) is 16.9 Å². The second-order valence-electron chi connectivity index (χ2n) is 8.33. The Kier molecular flexibility index (Phi) is 4.70. The maximum Gasteiger partial charge on any atom is 0.338 e. The fourth-order valence-electron chi connectivity index (χ4n) is 4.38. The third-order valence-corrected chi connectivity index (χ3v) is 7.37. The van der Waals surface area contributed by atoms with Crippen LogP contribution in [0, 0.1) is 5.82 Å². The number of fused-ring (bicyclic) bond motifs is 5. The number of carbonyl (C=O) groups is 2. The predicted molar refractivity (Wildman–Crippen MR) is 123 cm³/mol. The van der Waals surface area contributed by atoms with Gasteiger partial charge in [-0.2, -0.15) is 0 Å². The largest absolute Gasteiger partial charge is 0.465 e. The van der Waals surface area contributed by atoms with Gasteiger partial charge in [-0.25, -0.2) is 19.0 Å². The van der Waals surface area contributed by atoms with Gasteiger partial charge in [0.2, 0.25) is 6.23 Å². The van der Waals surface area contributed by atoms with Crippen LogP contribution < -0.4 is 4.74 Å². The van der Waals surface area contributed by atoms with E-state index in [4.69, 9.17) is 14.2 Å². The number of nitrogens with zero attached hydrogens (tertiary/aromatic N) is 2. The van der Waals surface area contributed by atoms with Gasteiger partial charge in [0, 0.05) is 17.5 Å². The minimum absolute atomic E-state index is 0.0676. The highest BCUT2D eigenvalue weighted by Gasteiger charge is 2.35. The summed E-state index contributed by atoms with van der Waals surface area (Å²) >= 11 is 1.57. The third-order valence-electron chi connectivity index (χ3n) is 6.18. The van der Waals surface area contributed by atoms with Gasteiger partial charge < -0.3 is 14.2 Å². The summed E-state index contributed by atoms with van der Waals surface area (Å²) < 4.78 is 33.2. The first-order valence-corrected chi connectivity index (χ1v) is 11.6. The molecular formula is C25H19FN2O5S. The summed E-state index contributed by atoms with van der Waals surface area (Å²) in [5, 5.41) is 1.80. The third kappa shape index (κ3) is 3.19. The lowest BCUT2D eigenvalue weighted by atomic mass is 10.0. The summed E-state index contributed by atoms with van der Waals surface area (Å²) in [5.41, 5.74) is 2.06. The second-order valence-corrected chi connectivity index (χ2v) is 9.43. The van der Waals surface area contributed by atoms with Gasteiger partial charge in [0.15, 0.2) is 0 Å². The van der Waals surface area contributed by atoms with Crippen molar-refractivity contribution in [3.05, 3.63) is 69.4 Å². The molecule has 4 aromatic rings. The Morgan fingerprint density at radius 3 is 2.59 bits per heavy atom. The Labute approximate surface area is 197 Å². The van der Waals surface area contributed by atoms with Gasteiger partial charge in [-0.05, 0) is 49.2 Å². The van der Waals surface area contributed by atoms with Crippen LogP contribution in [0.3, 0.4) is 0 Å². The van der Waals surface area contributed by atoms with Gasteiger partial charge >= 0.3 is 11.9 Å². The monoisotopic (exact) mass is 478 g/mol. The number of halogens is 1.